The number of hydrogen-bond donors (Lipinski definition) is 2. The van der Waals surface area contributed by atoms with Crippen molar-refractivity contribution in [2.24, 2.45) is 0 Å². The zero-order valence-electron chi connectivity index (χ0n) is 21.7. The molecule has 2 saturated heterocycles. The van der Waals surface area contributed by atoms with Gasteiger partial charge in [-0.3, -0.25) is 19.3 Å². The van der Waals surface area contributed by atoms with Gasteiger partial charge in [0.05, 0.1) is 25.1 Å². The molecule has 2 N–H and O–H groups in total. The number of nitrogens with one attached hydrogen (secondary N) is 2. The first-order valence-electron chi connectivity index (χ1n) is 12.9. The maximum Gasteiger partial charge on any atom is 0.416 e. The molecule has 2 fully saturated rings. The number of hydrogen-bond acceptors (Lipinski definition) is 6. The SMILES string of the molecule is CCOc1ccc(NC(=O)C[C@@H]2C(=O)NCCN2C(=O)CN2CCN(c3cccc(C(F)(F)F)c3)CC2)cc1. The lowest BCUT2D eigenvalue weighted by molar-refractivity contribution is -0.145. The molecule has 3 amide bonds. The molecule has 0 saturated carbocycles. The highest BCUT2D eigenvalue weighted by atomic mass is 19.4. The zero-order valence-corrected chi connectivity index (χ0v) is 21.7. The Hall–Kier alpha value is -3.80. The number of carbonyl (C=O) groups excluding carboxylic acids is 3. The minimum absolute atomic E-state index is 0.0563. The van der Waals surface area contributed by atoms with Crippen molar-refractivity contribution in [3.63, 3.8) is 0 Å². The Labute approximate surface area is 224 Å². The maximum absolute atomic E-state index is 13.2. The molecular formula is C27H32F3N5O4. The first-order valence-corrected chi connectivity index (χ1v) is 12.9. The van der Waals surface area contributed by atoms with Crippen LogP contribution in [0.15, 0.2) is 48.5 Å². The number of rotatable bonds is 8. The number of benzene rings is 2. The predicted octanol–water partition coefficient (Wildman–Crippen LogP) is 2.58. The topological polar surface area (TPSA) is 94.2 Å². The molecule has 0 spiro atoms. The average molecular weight is 548 g/mol. The fourth-order valence-electron chi connectivity index (χ4n) is 4.73. The second kappa shape index (κ2) is 12.4. The molecule has 0 aliphatic carbocycles. The van der Waals surface area contributed by atoms with Gasteiger partial charge in [-0.05, 0) is 49.4 Å². The van der Waals surface area contributed by atoms with Gasteiger partial charge in [0.1, 0.15) is 11.8 Å². The molecule has 0 radical (unpaired) electrons. The van der Waals surface area contributed by atoms with Gasteiger partial charge in [-0.2, -0.15) is 13.2 Å². The molecule has 39 heavy (non-hydrogen) atoms. The summed E-state index contributed by atoms with van der Waals surface area (Å²) in [6.45, 7) is 4.92. The maximum atomic E-state index is 13.2. The lowest BCUT2D eigenvalue weighted by atomic mass is 10.1. The monoisotopic (exact) mass is 547 g/mol. The molecule has 210 valence electrons. The Morgan fingerprint density at radius 3 is 2.44 bits per heavy atom. The Bertz CT molecular complexity index is 1170. The summed E-state index contributed by atoms with van der Waals surface area (Å²) in [4.78, 5) is 43.7. The third-order valence-electron chi connectivity index (χ3n) is 6.75. The third kappa shape index (κ3) is 7.41. The zero-order chi connectivity index (χ0) is 28.0. The molecule has 4 rings (SSSR count). The molecular weight excluding hydrogens is 515 g/mol. The van der Waals surface area contributed by atoms with Crippen LogP contribution in [0, 0.1) is 0 Å². The fourth-order valence-corrected chi connectivity index (χ4v) is 4.73. The van der Waals surface area contributed by atoms with Crippen molar-refractivity contribution < 1.29 is 32.3 Å². The van der Waals surface area contributed by atoms with E-state index in [1.54, 1.807) is 30.3 Å². The van der Waals surface area contributed by atoms with E-state index in [9.17, 15) is 27.6 Å². The van der Waals surface area contributed by atoms with E-state index in [0.29, 0.717) is 56.5 Å². The van der Waals surface area contributed by atoms with Crippen LogP contribution >= 0.6 is 0 Å². The van der Waals surface area contributed by atoms with Gasteiger partial charge in [0.2, 0.25) is 17.7 Å². The van der Waals surface area contributed by atoms with Crippen LogP contribution in [0.3, 0.4) is 0 Å². The third-order valence-corrected chi connectivity index (χ3v) is 6.75. The van der Waals surface area contributed by atoms with Crippen molar-refractivity contribution in [2.75, 3.05) is 62.6 Å². The normalized spacial score (nSPS) is 18.5. The summed E-state index contributed by atoms with van der Waals surface area (Å²) >= 11 is 0. The van der Waals surface area contributed by atoms with E-state index in [2.05, 4.69) is 10.6 Å². The van der Waals surface area contributed by atoms with Crippen molar-refractivity contribution in [3.8, 4) is 5.75 Å². The van der Waals surface area contributed by atoms with E-state index in [1.807, 2.05) is 16.7 Å². The highest BCUT2D eigenvalue weighted by molar-refractivity contribution is 5.97. The van der Waals surface area contributed by atoms with E-state index < -0.39 is 23.7 Å². The Kier molecular flexibility index (Phi) is 8.95. The molecule has 2 aromatic carbocycles. The molecule has 0 unspecified atom stereocenters. The van der Waals surface area contributed by atoms with Crippen LogP contribution in [-0.4, -0.2) is 86.0 Å². The van der Waals surface area contributed by atoms with Crippen LogP contribution in [0.1, 0.15) is 18.9 Å². The molecule has 2 aliphatic heterocycles. The summed E-state index contributed by atoms with van der Waals surface area (Å²) in [5, 5.41) is 5.48. The van der Waals surface area contributed by atoms with Crippen molar-refractivity contribution in [1.29, 1.82) is 0 Å². The molecule has 0 bridgehead atoms. The Morgan fingerprint density at radius 1 is 1.05 bits per heavy atom. The van der Waals surface area contributed by atoms with E-state index >= 15 is 0 Å². The Balaban J connectivity index is 1.31. The van der Waals surface area contributed by atoms with Crippen molar-refractivity contribution in [3.05, 3.63) is 54.1 Å². The van der Waals surface area contributed by atoms with E-state index in [4.69, 9.17) is 4.74 Å². The fraction of sp³-hybridized carbons (Fsp3) is 0.444. The van der Waals surface area contributed by atoms with Crippen LogP contribution in [0.5, 0.6) is 5.75 Å². The molecule has 1 atom stereocenters. The molecule has 0 aromatic heterocycles. The minimum Gasteiger partial charge on any atom is -0.494 e. The summed E-state index contributed by atoms with van der Waals surface area (Å²) in [7, 11) is 0. The van der Waals surface area contributed by atoms with Crippen LogP contribution in [0.25, 0.3) is 0 Å². The summed E-state index contributed by atoms with van der Waals surface area (Å²) in [6, 6.07) is 11.1. The number of anilines is 2. The van der Waals surface area contributed by atoms with Gasteiger partial charge in [-0.1, -0.05) is 6.07 Å². The van der Waals surface area contributed by atoms with Crippen molar-refractivity contribution in [1.82, 2.24) is 15.1 Å². The summed E-state index contributed by atoms with van der Waals surface area (Å²) in [5.41, 5.74) is 0.344. The van der Waals surface area contributed by atoms with Gasteiger partial charge in [0.25, 0.3) is 0 Å². The number of piperazine rings is 2. The number of amides is 3. The van der Waals surface area contributed by atoms with E-state index in [1.165, 1.54) is 11.0 Å². The van der Waals surface area contributed by atoms with E-state index in [0.717, 1.165) is 12.1 Å². The summed E-state index contributed by atoms with van der Waals surface area (Å²) in [5.74, 6) is -0.370. The van der Waals surface area contributed by atoms with Gasteiger partial charge in [0, 0.05) is 50.6 Å². The molecule has 2 aliphatic rings. The quantitative estimate of drug-likeness (QED) is 0.528. The van der Waals surface area contributed by atoms with Crippen molar-refractivity contribution in [2.45, 2.75) is 25.6 Å². The second-order valence-corrected chi connectivity index (χ2v) is 9.41. The number of nitrogens with zero attached hydrogens (tertiary/aromatic N) is 3. The molecule has 2 heterocycles. The van der Waals surface area contributed by atoms with Crippen molar-refractivity contribution >= 4 is 29.1 Å². The standard InChI is InChI=1S/C27H32F3N5O4/c1-2-39-22-8-6-20(7-9-22)32-24(36)17-23-26(38)31-10-11-35(23)25(37)18-33-12-14-34(15-13-33)21-5-3-4-19(16-21)27(28,29)30/h3-9,16,23H,2,10-15,17-18H2,1H3,(H,31,38)(H,32,36)/t23-/m1/s1. The largest absolute Gasteiger partial charge is 0.494 e. The molecule has 12 heteroatoms. The highest BCUT2D eigenvalue weighted by Gasteiger charge is 2.36. The summed E-state index contributed by atoms with van der Waals surface area (Å²) in [6.07, 6.45) is -4.60. The average Bonchev–Trinajstić information content (AvgIpc) is 2.91. The van der Waals surface area contributed by atoms with Crippen LogP contribution < -0.4 is 20.3 Å². The summed E-state index contributed by atoms with van der Waals surface area (Å²) < 4.78 is 44.6. The minimum atomic E-state index is -4.41. The van der Waals surface area contributed by atoms with Gasteiger partial charge in [-0.15, -0.1) is 0 Å². The van der Waals surface area contributed by atoms with Crippen LogP contribution in [0.4, 0.5) is 24.5 Å². The first-order chi connectivity index (χ1) is 18.6. The number of ether oxygens (including phenoxy) is 1. The van der Waals surface area contributed by atoms with Crippen LogP contribution in [0.2, 0.25) is 0 Å². The highest BCUT2D eigenvalue weighted by Crippen LogP contribution is 2.32. The van der Waals surface area contributed by atoms with Gasteiger partial charge in [-0.25, -0.2) is 0 Å². The number of alkyl halides is 3. The van der Waals surface area contributed by atoms with E-state index in [-0.39, 0.29) is 31.3 Å². The lowest BCUT2D eigenvalue weighted by Crippen LogP contribution is -2.60. The molecule has 9 nitrogen and oxygen atoms in total. The Morgan fingerprint density at radius 2 is 1.77 bits per heavy atom. The van der Waals surface area contributed by atoms with Gasteiger partial charge >= 0.3 is 6.18 Å². The first kappa shape index (κ1) is 28.2. The lowest BCUT2D eigenvalue weighted by Gasteiger charge is -2.39. The number of halogens is 3. The predicted molar refractivity (Wildman–Crippen MR) is 139 cm³/mol. The molecule has 2 aromatic rings. The number of carbonyl (C=O) groups is 3. The van der Waals surface area contributed by atoms with Gasteiger partial charge in [0.15, 0.2) is 0 Å². The van der Waals surface area contributed by atoms with Gasteiger partial charge < -0.3 is 25.2 Å². The smallest absolute Gasteiger partial charge is 0.416 e. The van der Waals surface area contributed by atoms with Crippen LogP contribution in [-0.2, 0) is 20.6 Å². The second-order valence-electron chi connectivity index (χ2n) is 9.41.